The van der Waals surface area contributed by atoms with Gasteiger partial charge in [0.25, 0.3) is 0 Å². The van der Waals surface area contributed by atoms with Crippen LogP contribution in [0.25, 0.3) is 0 Å². The van der Waals surface area contributed by atoms with Gasteiger partial charge in [-0.25, -0.2) is 0 Å². The fraction of sp³-hybridized carbons (Fsp3) is 0.639. The molecule has 1 N–H and O–H groups in total. The lowest BCUT2D eigenvalue weighted by molar-refractivity contribution is -0.155. The van der Waals surface area contributed by atoms with Crippen molar-refractivity contribution in [2.45, 2.75) is 96.9 Å². The van der Waals surface area contributed by atoms with E-state index >= 15 is 0 Å². The number of amides is 3. The van der Waals surface area contributed by atoms with Gasteiger partial charge in [-0.3, -0.25) is 14.4 Å². The maximum atomic E-state index is 14.8. The third kappa shape index (κ3) is 5.94. The number of hydrogen-bond donors (Lipinski definition) is 1. The second-order valence-electron chi connectivity index (χ2n) is 15.0. The van der Waals surface area contributed by atoms with Crippen LogP contribution in [-0.4, -0.2) is 88.3 Å². The van der Waals surface area contributed by atoms with Crippen molar-refractivity contribution in [2.75, 3.05) is 37.7 Å². The number of hydrogen-bond acceptors (Lipinski definition) is 6. The van der Waals surface area contributed by atoms with Crippen LogP contribution in [0.4, 0.5) is 5.69 Å². The minimum Gasteiger partial charge on any atom is -0.494 e. The summed E-state index contributed by atoms with van der Waals surface area (Å²) in [6.07, 6.45) is 10.5. The van der Waals surface area contributed by atoms with Gasteiger partial charge in [-0.15, -0.1) is 0 Å². The maximum absolute atomic E-state index is 14.8. The number of aliphatic hydroxyl groups is 1. The Morgan fingerprint density at radius 1 is 0.911 bits per heavy atom. The molecule has 3 amide bonds. The maximum Gasteiger partial charge on any atom is 0.249 e. The third-order valence-corrected chi connectivity index (χ3v) is 9.77. The second-order valence-corrected chi connectivity index (χ2v) is 15.0. The van der Waals surface area contributed by atoms with Crippen LogP contribution >= 0.6 is 0 Å². The average molecular weight is 622 g/mol. The number of likely N-dealkylation sites (tertiary alicyclic amines) is 1. The average Bonchev–Trinajstić information content (AvgIpc) is 3.20. The summed E-state index contributed by atoms with van der Waals surface area (Å²) in [6, 6.07) is 6.52. The van der Waals surface area contributed by atoms with Crippen LogP contribution in [0.2, 0.25) is 0 Å². The van der Waals surface area contributed by atoms with Gasteiger partial charge in [0.05, 0.1) is 24.0 Å². The number of anilines is 1. The lowest BCUT2D eigenvalue weighted by Crippen LogP contribution is -2.60. The van der Waals surface area contributed by atoms with Gasteiger partial charge in [-0.05, 0) is 83.1 Å². The molecule has 4 heterocycles. The monoisotopic (exact) mass is 621 g/mol. The summed E-state index contributed by atoms with van der Waals surface area (Å²) in [5, 5.41) is 9.37. The van der Waals surface area contributed by atoms with E-state index in [-0.39, 0.29) is 29.7 Å². The normalized spacial score (nSPS) is 29.9. The molecule has 5 atom stereocenters. The highest BCUT2D eigenvalue weighted by Crippen LogP contribution is 2.58. The Kier molecular flexibility index (Phi) is 9.01. The molecule has 2 saturated heterocycles. The minimum atomic E-state index is -1.29. The zero-order valence-corrected chi connectivity index (χ0v) is 28.0. The van der Waals surface area contributed by atoms with Gasteiger partial charge in [0.2, 0.25) is 17.7 Å². The van der Waals surface area contributed by atoms with Crippen molar-refractivity contribution < 1.29 is 29.0 Å². The molecule has 5 rings (SSSR count). The summed E-state index contributed by atoms with van der Waals surface area (Å²) in [5.41, 5.74) is -2.18. The van der Waals surface area contributed by atoms with E-state index in [9.17, 15) is 19.5 Å². The van der Waals surface area contributed by atoms with E-state index in [2.05, 4.69) is 34.6 Å². The molecule has 246 valence electrons. The van der Waals surface area contributed by atoms with Crippen LogP contribution in [-0.2, 0) is 19.1 Å². The summed E-state index contributed by atoms with van der Waals surface area (Å²) in [6.45, 7) is 16.2. The molecular weight excluding hydrogens is 570 g/mol. The highest BCUT2D eigenvalue weighted by molar-refractivity contribution is 6.04. The summed E-state index contributed by atoms with van der Waals surface area (Å²) >= 11 is 0. The van der Waals surface area contributed by atoms with E-state index < -0.39 is 34.6 Å². The zero-order valence-electron chi connectivity index (χ0n) is 28.0. The van der Waals surface area contributed by atoms with Crippen molar-refractivity contribution in [3.8, 4) is 5.75 Å². The molecular formula is C36H51N3O6. The fourth-order valence-electron chi connectivity index (χ4n) is 8.39. The highest BCUT2D eigenvalue weighted by Gasteiger charge is 2.75. The Balaban J connectivity index is 1.57. The molecule has 1 unspecified atom stereocenters. The number of carbonyl (C=O) groups excluding carboxylic acids is 3. The summed E-state index contributed by atoms with van der Waals surface area (Å²) < 4.78 is 12.6. The number of fused-ring (bicyclic) bond motifs is 2. The van der Waals surface area contributed by atoms with Crippen LogP contribution in [0.15, 0.2) is 48.6 Å². The van der Waals surface area contributed by atoms with E-state index in [0.29, 0.717) is 44.8 Å². The Morgan fingerprint density at radius 3 is 2.24 bits per heavy atom. The van der Waals surface area contributed by atoms with E-state index in [4.69, 9.17) is 9.47 Å². The molecule has 0 saturated carbocycles. The van der Waals surface area contributed by atoms with E-state index in [1.807, 2.05) is 67.3 Å². The van der Waals surface area contributed by atoms with Crippen molar-refractivity contribution in [3.05, 3.63) is 48.6 Å². The predicted octanol–water partition coefficient (Wildman–Crippen LogP) is 4.73. The molecule has 4 aliphatic heterocycles. The molecule has 1 aromatic carbocycles. The molecule has 1 spiro atoms. The molecule has 9 heteroatoms. The number of unbranched alkanes of at least 4 members (excludes halogenated alkanes) is 2. The standard InChI is InChI=1S/C36H51N3O6/c1-8-44-26-16-14-25(15-17-26)37-21-12-18-35(7)27(30(37)41)28-31(42)38(20-10-9-11-23-40)29-32(43)39(22-13-19-36(28,29)45-35)34(5,6)24-33(2,3)4/h12-19,27-29,40H,8-11,20-24H2,1-7H3/t27-,28+,29?,35+,36+/m1/s1. The van der Waals surface area contributed by atoms with Crippen molar-refractivity contribution in [3.63, 3.8) is 0 Å². The van der Waals surface area contributed by atoms with Gasteiger partial charge in [0.1, 0.15) is 17.4 Å². The first-order valence-corrected chi connectivity index (χ1v) is 16.5. The van der Waals surface area contributed by atoms with Crippen LogP contribution in [0.5, 0.6) is 5.75 Å². The SMILES string of the molecule is CCOc1ccc(N2CC=C[C@]3(C)O[C@]45C=CCN(C(C)(C)CC(C)(C)C)C(=O)C4N(CCCCCO)C(=O)[C@@H]5[C@@H]3C2=O)cc1. The zero-order chi connectivity index (χ0) is 32.8. The van der Waals surface area contributed by atoms with Crippen molar-refractivity contribution in [1.29, 1.82) is 0 Å². The number of carbonyl (C=O) groups is 3. The van der Waals surface area contributed by atoms with Gasteiger partial charge in [0, 0.05) is 37.5 Å². The molecule has 4 aliphatic rings. The van der Waals surface area contributed by atoms with Crippen LogP contribution < -0.4 is 9.64 Å². The van der Waals surface area contributed by atoms with Crippen molar-refractivity contribution in [1.82, 2.24) is 9.80 Å². The summed E-state index contributed by atoms with van der Waals surface area (Å²) in [7, 11) is 0. The fourth-order valence-corrected chi connectivity index (χ4v) is 8.39. The quantitative estimate of drug-likeness (QED) is 0.300. The van der Waals surface area contributed by atoms with E-state index in [0.717, 1.165) is 18.6 Å². The topological polar surface area (TPSA) is 99.6 Å². The van der Waals surface area contributed by atoms with E-state index in [1.54, 1.807) is 9.80 Å². The van der Waals surface area contributed by atoms with E-state index in [1.165, 1.54) is 0 Å². The van der Waals surface area contributed by atoms with Gasteiger partial charge < -0.3 is 29.3 Å². The van der Waals surface area contributed by atoms with Gasteiger partial charge in [0.15, 0.2) is 0 Å². The molecule has 0 aromatic heterocycles. The first kappa shape index (κ1) is 33.2. The van der Waals surface area contributed by atoms with Crippen molar-refractivity contribution >= 4 is 23.4 Å². The first-order valence-electron chi connectivity index (χ1n) is 16.5. The smallest absolute Gasteiger partial charge is 0.249 e. The second kappa shape index (κ2) is 12.2. The number of benzene rings is 1. The molecule has 0 aliphatic carbocycles. The van der Waals surface area contributed by atoms with Gasteiger partial charge in [-0.1, -0.05) is 45.1 Å². The first-order chi connectivity index (χ1) is 21.2. The molecule has 2 fully saturated rings. The predicted molar refractivity (Wildman–Crippen MR) is 174 cm³/mol. The van der Waals surface area contributed by atoms with Crippen LogP contribution in [0, 0.1) is 17.3 Å². The molecule has 1 aromatic rings. The molecule has 9 nitrogen and oxygen atoms in total. The lowest BCUT2D eigenvalue weighted by atomic mass is 9.74. The van der Waals surface area contributed by atoms with Gasteiger partial charge in [-0.2, -0.15) is 0 Å². The molecule has 0 radical (unpaired) electrons. The van der Waals surface area contributed by atoms with Crippen LogP contribution in [0.1, 0.15) is 74.1 Å². The Hall–Kier alpha value is -3.17. The number of ether oxygens (including phenoxy) is 2. The molecule has 0 bridgehead atoms. The Morgan fingerprint density at radius 2 is 1.60 bits per heavy atom. The third-order valence-electron chi connectivity index (χ3n) is 9.77. The number of nitrogens with zero attached hydrogens (tertiary/aromatic N) is 3. The van der Waals surface area contributed by atoms with Crippen molar-refractivity contribution in [2.24, 2.45) is 17.3 Å². The highest BCUT2D eigenvalue weighted by atomic mass is 16.5. The van der Waals surface area contributed by atoms with Crippen LogP contribution in [0.3, 0.4) is 0 Å². The molecule has 45 heavy (non-hydrogen) atoms. The number of aliphatic hydroxyl groups excluding tert-OH is 1. The Bertz CT molecular complexity index is 1350. The lowest BCUT2D eigenvalue weighted by Gasteiger charge is -2.44. The Labute approximate surface area is 268 Å². The summed E-state index contributed by atoms with van der Waals surface area (Å²) in [4.78, 5) is 49.4. The van der Waals surface area contributed by atoms with Gasteiger partial charge >= 0.3 is 0 Å². The summed E-state index contributed by atoms with van der Waals surface area (Å²) in [5.74, 6) is -1.53. The minimum absolute atomic E-state index is 0.0262. The number of rotatable bonds is 10. The largest absolute Gasteiger partial charge is 0.494 e.